The molecule has 0 aliphatic carbocycles. The summed E-state index contributed by atoms with van der Waals surface area (Å²) in [6.07, 6.45) is 1.27. The van der Waals surface area contributed by atoms with Gasteiger partial charge in [-0.3, -0.25) is 4.79 Å². The first-order chi connectivity index (χ1) is 17.6. The lowest BCUT2D eigenvalue weighted by Crippen LogP contribution is -2.30. The van der Waals surface area contributed by atoms with Crippen LogP contribution in [0.4, 0.5) is 10.1 Å². The Labute approximate surface area is 227 Å². The van der Waals surface area contributed by atoms with Crippen LogP contribution in [0.2, 0.25) is 15.1 Å². The molecule has 11 heteroatoms. The Kier molecular flexibility index (Phi) is 8.12. The predicted molar refractivity (Wildman–Crippen MR) is 148 cm³/mol. The Balaban J connectivity index is 1.63. The van der Waals surface area contributed by atoms with Crippen LogP contribution in [0.1, 0.15) is 40.2 Å². The SMILES string of the molecule is CC(N)=NC=Nc1cc(Cl)c(C(=O)NCC(c2cccc(F)c2)c2nc3c(C)cc(Cl)cc3[nH]2)c(Cl)c1. The first kappa shape index (κ1) is 26.6. The fourth-order valence-corrected chi connectivity index (χ4v) is 4.77. The third kappa shape index (κ3) is 6.28. The van der Waals surface area contributed by atoms with Crippen molar-refractivity contribution in [3.05, 3.63) is 91.9 Å². The maximum atomic E-state index is 14.1. The molecule has 4 aromatic rings. The van der Waals surface area contributed by atoms with Crippen LogP contribution in [0.5, 0.6) is 0 Å². The van der Waals surface area contributed by atoms with Crippen LogP contribution in [-0.4, -0.2) is 34.6 Å². The number of rotatable bonds is 7. The molecule has 7 nitrogen and oxygen atoms in total. The van der Waals surface area contributed by atoms with Gasteiger partial charge < -0.3 is 16.0 Å². The maximum Gasteiger partial charge on any atom is 0.254 e. The zero-order valence-electron chi connectivity index (χ0n) is 19.8. The van der Waals surface area contributed by atoms with Gasteiger partial charge in [-0.1, -0.05) is 46.9 Å². The van der Waals surface area contributed by atoms with Crippen LogP contribution in [0.25, 0.3) is 11.0 Å². The van der Waals surface area contributed by atoms with Gasteiger partial charge in [0.15, 0.2) is 0 Å². The van der Waals surface area contributed by atoms with E-state index in [2.05, 4.69) is 20.3 Å². The van der Waals surface area contributed by atoms with Gasteiger partial charge >= 0.3 is 0 Å². The van der Waals surface area contributed by atoms with Crippen molar-refractivity contribution < 1.29 is 9.18 Å². The molecular weight excluding hydrogens is 538 g/mol. The molecule has 4 rings (SSSR count). The van der Waals surface area contributed by atoms with Gasteiger partial charge in [-0.05, 0) is 61.4 Å². The summed E-state index contributed by atoms with van der Waals surface area (Å²) in [5, 5.41) is 3.65. The van der Waals surface area contributed by atoms with Crippen molar-refractivity contribution in [3.63, 3.8) is 0 Å². The summed E-state index contributed by atoms with van der Waals surface area (Å²) >= 11 is 18.9. The number of nitrogens with one attached hydrogen (secondary N) is 2. The number of H-pyrrole nitrogens is 1. The summed E-state index contributed by atoms with van der Waals surface area (Å²) in [4.78, 5) is 29.1. The number of aliphatic imine (C=N–C) groups is 2. The number of hydrogen-bond acceptors (Lipinski definition) is 3. The molecular formula is C26H22Cl3FN6O. The fraction of sp³-hybridized carbons (Fsp3) is 0.154. The van der Waals surface area contributed by atoms with Gasteiger partial charge in [-0.25, -0.2) is 19.4 Å². The van der Waals surface area contributed by atoms with E-state index in [0.29, 0.717) is 27.9 Å². The smallest absolute Gasteiger partial charge is 0.254 e. The summed E-state index contributed by atoms with van der Waals surface area (Å²) in [6, 6.07) is 12.7. The second-order valence-electron chi connectivity index (χ2n) is 8.36. The fourth-order valence-electron chi connectivity index (χ4n) is 3.85. The lowest BCUT2D eigenvalue weighted by atomic mass is 9.98. The van der Waals surface area contributed by atoms with Crippen LogP contribution < -0.4 is 11.1 Å². The molecule has 37 heavy (non-hydrogen) atoms. The minimum Gasteiger partial charge on any atom is -0.387 e. The molecule has 1 heterocycles. The minimum absolute atomic E-state index is 0.0889. The zero-order valence-corrected chi connectivity index (χ0v) is 22.1. The van der Waals surface area contributed by atoms with Crippen molar-refractivity contribution in [2.45, 2.75) is 19.8 Å². The van der Waals surface area contributed by atoms with Crippen molar-refractivity contribution in [3.8, 4) is 0 Å². The number of imidazole rings is 1. The molecule has 4 N–H and O–H groups in total. The Hall–Kier alpha value is -3.46. The quantitative estimate of drug-likeness (QED) is 0.176. The van der Waals surface area contributed by atoms with Gasteiger partial charge in [0, 0.05) is 11.6 Å². The van der Waals surface area contributed by atoms with Gasteiger partial charge in [0.2, 0.25) is 0 Å². The number of nitrogens with two attached hydrogens (primary N) is 1. The highest BCUT2D eigenvalue weighted by Gasteiger charge is 2.23. The number of aryl methyl sites for hydroxylation is 1. The molecule has 1 atom stereocenters. The normalized spacial score (nSPS) is 12.9. The average molecular weight is 560 g/mol. The molecule has 1 unspecified atom stereocenters. The number of fused-ring (bicyclic) bond motifs is 1. The summed E-state index contributed by atoms with van der Waals surface area (Å²) < 4.78 is 14.1. The summed E-state index contributed by atoms with van der Waals surface area (Å²) in [7, 11) is 0. The van der Waals surface area contributed by atoms with E-state index in [1.165, 1.54) is 30.6 Å². The number of benzene rings is 3. The van der Waals surface area contributed by atoms with Gasteiger partial charge in [-0.2, -0.15) is 0 Å². The molecule has 0 saturated carbocycles. The number of amidine groups is 1. The standard InChI is InChI=1S/C26H22Cl3FN6O/c1-13-6-16(27)8-22-24(13)36-25(35-22)19(15-4-3-5-17(30)7-15)11-32-26(37)23-20(28)9-18(10-21(23)29)34-12-33-14(2)31/h3-10,12,19H,11H2,1-2H3,(H,32,37)(H,35,36)(H2,31,33,34). The van der Waals surface area contributed by atoms with Gasteiger partial charge in [0.25, 0.3) is 5.91 Å². The average Bonchev–Trinajstić information content (AvgIpc) is 3.22. The number of carbonyl (C=O) groups is 1. The molecule has 0 bridgehead atoms. The lowest BCUT2D eigenvalue weighted by molar-refractivity contribution is 0.0952. The van der Waals surface area contributed by atoms with E-state index in [9.17, 15) is 9.18 Å². The molecule has 0 spiro atoms. The molecule has 3 aromatic carbocycles. The Morgan fingerprint density at radius 1 is 1.19 bits per heavy atom. The molecule has 190 valence electrons. The molecule has 0 aliphatic rings. The van der Waals surface area contributed by atoms with Crippen LogP contribution in [-0.2, 0) is 0 Å². The predicted octanol–water partition coefficient (Wildman–Crippen LogP) is 6.57. The summed E-state index contributed by atoms with van der Waals surface area (Å²) in [5.41, 5.74) is 8.98. The van der Waals surface area contributed by atoms with E-state index < -0.39 is 17.6 Å². The third-order valence-electron chi connectivity index (χ3n) is 5.53. The molecule has 1 amide bonds. The zero-order chi connectivity index (χ0) is 26.7. The van der Waals surface area contributed by atoms with Gasteiger partial charge in [-0.15, -0.1) is 0 Å². The third-order valence-corrected chi connectivity index (χ3v) is 6.34. The van der Waals surface area contributed by atoms with Crippen molar-refractivity contribution in [2.24, 2.45) is 15.7 Å². The number of halogens is 4. The number of carbonyl (C=O) groups excluding carboxylic acids is 1. The number of nitrogens with zero attached hydrogens (tertiary/aromatic N) is 3. The first-order valence-corrected chi connectivity index (χ1v) is 12.3. The monoisotopic (exact) mass is 558 g/mol. The largest absolute Gasteiger partial charge is 0.387 e. The van der Waals surface area contributed by atoms with Crippen molar-refractivity contribution >= 4 is 69.6 Å². The molecule has 0 aliphatic heterocycles. The summed E-state index contributed by atoms with van der Waals surface area (Å²) in [6.45, 7) is 3.61. The highest BCUT2D eigenvalue weighted by atomic mass is 35.5. The molecule has 0 fully saturated rings. The van der Waals surface area contributed by atoms with Crippen LogP contribution in [0, 0.1) is 12.7 Å². The van der Waals surface area contributed by atoms with Crippen LogP contribution in [0.3, 0.4) is 0 Å². The Morgan fingerprint density at radius 2 is 1.92 bits per heavy atom. The highest BCUT2D eigenvalue weighted by molar-refractivity contribution is 6.40. The number of hydrogen-bond donors (Lipinski definition) is 3. The molecule has 0 saturated heterocycles. The van der Waals surface area contributed by atoms with Crippen LogP contribution >= 0.6 is 34.8 Å². The topological polar surface area (TPSA) is 109 Å². The Morgan fingerprint density at radius 3 is 2.59 bits per heavy atom. The van der Waals surface area contributed by atoms with Gasteiger partial charge in [0.1, 0.15) is 18.0 Å². The van der Waals surface area contributed by atoms with E-state index in [4.69, 9.17) is 45.5 Å². The van der Waals surface area contributed by atoms with Crippen molar-refractivity contribution in [1.82, 2.24) is 15.3 Å². The highest BCUT2D eigenvalue weighted by Crippen LogP contribution is 2.31. The van der Waals surface area contributed by atoms with E-state index >= 15 is 0 Å². The Bertz CT molecular complexity index is 1520. The van der Waals surface area contributed by atoms with E-state index in [-0.39, 0.29) is 22.2 Å². The number of aromatic amines is 1. The van der Waals surface area contributed by atoms with Crippen molar-refractivity contribution in [2.75, 3.05) is 6.54 Å². The number of amides is 1. The lowest BCUT2D eigenvalue weighted by Gasteiger charge is -2.17. The van der Waals surface area contributed by atoms with E-state index in [1.54, 1.807) is 25.1 Å². The van der Waals surface area contributed by atoms with Gasteiger partial charge in [0.05, 0.1) is 44.1 Å². The van der Waals surface area contributed by atoms with E-state index in [1.807, 2.05) is 13.0 Å². The number of aromatic nitrogens is 2. The molecule has 1 aromatic heterocycles. The second-order valence-corrected chi connectivity index (χ2v) is 9.61. The summed E-state index contributed by atoms with van der Waals surface area (Å²) in [5.74, 6) is -0.515. The first-order valence-electron chi connectivity index (χ1n) is 11.1. The van der Waals surface area contributed by atoms with Crippen LogP contribution in [0.15, 0.2) is 58.5 Å². The minimum atomic E-state index is -0.502. The van der Waals surface area contributed by atoms with E-state index in [0.717, 1.165) is 16.6 Å². The molecule has 0 radical (unpaired) electrons. The second kappa shape index (κ2) is 11.3. The van der Waals surface area contributed by atoms with Crippen molar-refractivity contribution in [1.29, 1.82) is 0 Å². The maximum absolute atomic E-state index is 14.1.